The molecule has 1 N–H and O–H groups in total. The Kier molecular flexibility index (Phi) is 5.26. The topological polar surface area (TPSA) is 90.1 Å². The van der Waals surface area contributed by atoms with E-state index in [0.29, 0.717) is 23.5 Å². The van der Waals surface area contributed by atoms with Gasteiger partial charge < -0.3 is 5.32 Å². The third kappa shape index (κ3) is 3.64. The second-order valence-electron chi connectivity index (χ2n) is 6.79. The van der Waals surface area contributed by atoms with Crippen molar-refractivity contribution in [2.75, 3.05) is 5.32 Å². The van der Waals surface area contributed by atoms with Crippen LogP contribution in [0.1, 0.15) is 38.4 Å². The average molecular weight is 378 g/mol. The van der Waals surface area contributed by atoms with Crippen LogP contribution >= 0.6 is 0 Å². The molecule has 1 heterocycles. The number of nitro groups is 1. The number of hydrogen-bond acceptors (Lipinski definition) is 4. The molecule has 144 valence electrons. The normalized spacial score (nSPS) is 10.7. The summed E-state index contributed by atoms with van der Waals surface area (Å²) in [4.78, 5) is 23.4. The van der Waals surface area contributed by atoms with Crippen LogP contribution in [0, 0.1) is 37.8 Å². The van der Waals surface area contributed by atoms with Crippen molar-refractivity contribution in [1.82, 2.24) is 9.78 Å². The van der Waals surface area contributed by atoms with Crippen LogP contribution in [0.4, 0.5) is 11.4 Å². The van der Waals surface area contributed by atoms with Gasteiger partial charge in [-0.15, -0.1) is 0 Å². The van der Waals surface area contributed by atoms with Gasteiger partial charge in [-0.3, -0.25) is 19.6 Å². The Balaban J connectivity index is 1.89. The lowest BCUT2D eigenvalue weighted by Crippen LogP contribution is -2.15. The Labute approximate surface area is 163 Å². The van der Waals surface area contributed by atoms with Crippen molar-refractivity contribution in [3.8, 4) is 0 Å². The summed E-state index contributed by atoms with van der Waals surface area (Å²) in [5.41, 5.74) is 5.03. The maximum Gasteiger partial charge on any atom is 0.273 e. The highest BCUT2D eigenvalue weighted by Crippen LogP contribution is 2.25. The van der Waals surface area contributed by atoms with E-state index in [1.165, 1.54) is 17.7 Å². The van der Waals surface area contributed by atoms with Crippen LogP contribution in [-0.4, -0.2) is 20.6 Å². The molecule has 0 aliphatic carbocycles. The van der Waals surface area contributed by atoms with E-state index in [2.05, 4.69) is 29.5 Å². The van der Waals surface area contributed by atoms with Gasteiger partial charge in [-0.05, 0) is 44.9 Å². The van der Waals surface area contributed by atoms with Gasteiger partial charge in [0.05, 0.1) is 28.5 Å². The number of nitrogens with zero attached hydrogens (tertiary/aromatic N) is 3. The predicted octanol–water partition coefficient (Wildman–Crippen LogP) is 4.33. The third-order valence-electron chi connectivity index (χ3n) is 4.95. The Morgan fingerprint density at radius 2 is 1.82 bits per heavy atom. The fraction of sp³-hybridized carbons (Fsp3) is 0.238. The second-order valence-corrected chi connectivity index (χ2v) is 6.79. The zero-order valence-corrected chi connectivity index (χ0v) is 16.3. The molecule has 2 aromatic carbocycles. The van der Waals surface area contributed by atoms with Gasteiger partial charge >= 0.3 is 0 Å². The Bertz CT molecular complexity index is 1070. The minimum absolute atomic E-state index is 0.0728. The predicted molar refractivity (Wildman–Crippen MR) is 108 cm³/mol. The summed E-state index contributed by atoms with van der Waals surface area (Å²) in [6.45, 7) is 7.96. The van der Waals surface area contributed by atoms with E-state index in [4.69, 9.17) is 0 Å². The summed E-state index contributed by atoms with van der Waals surface area (Å²) >= 11 is 0. The van der Waals surface area contributed by atoms with E-state index in [1.54, 1.807) is 13.0 Å². The number of carbonyl (C=O) groups is 1. The largest absolute Gasteiger partial charge is 0.319 e. The highest BCUT2D eigenvalue weighted by molar-refractivity contribution is 6.06. The van der Waals surface area contributed by atoms with Gasteiger partial charge in [0.2, 0.25) is 0 Å². The molecule has 7 nitrogen and oxygen atoms in total. The van der Waals surface area contributed by atoms with Crippen molar-refractivity contribution in [2.45, 2.75) is 34.2 Å². The number of benzene rings is 2. The van der Waals surface area contributed by atoms with Crippen LogP contribution in [0.5, 0.6) is 0 Å². The van der Waals surface area contributed by atoms with Gasteiger partial charge in [0, 0.05) is 17.2 Å². The maximum atomic E-state index is 12.8. The first-order valence-corrected chi connectivity index (χ1v) is 8.93. The van der Waals surface area contributed by atoms with E-state index in [9.17, 15) is 14.9 Å². The summed E-state index contributed by atoms with van der Waals surface area (Å²) in [7, 11) is 0. The smallest absolute Gasteiger partial charge is 0.273 e. The van der Waals surface area contributed by atoms with Crippen molar-refractivity contribution in [3.05, 3.63) is 86.2 Å². The van der Waals surface area contributed by atoms with Crippen molar-refractivity contribution in [1.29, 1.82) is 0 Å². The fourth-order valence-electron chi connectivity index (χ4n) is 3.23. The fourth-order valence-corrected chi connectivity index (χ4v) is 3.23. The lowest BCUT2D eigenvalue weighted by Gasteiger charge is -2.10. The lowest BCUT2D eigenvalue weighted by molar-refractivity contribution is -0.385. The molecule has 7 heteroatoms. The third-order valence-corrected chi connectivity index (χ3v) is 4.95. The number of rotatable bonds is 5. The molecule has 0 spiro atoms. The summed E-state index contributed by atoms with van der Waals surface area (Å²) in [6, 6.07) is 12.6. The molecule has 0 bridgehead atoms. The standard InChI is InChI=1S/C21H22N4O3/c1-13-8-5-6-9-17(13)12-24-16(4)20(15(3)23-24)22-21(26)18-10-7-11-19(14(18)2)25(27)28/h5-11H,12H2,1-4H3,(H,22,26). The number of carbonyl (C=O) groups excluding carboxylic acids is 1. The lowest BCUT2D eigenvalue weighted by atomic mass is 10.1. The molecule has 0 unspecified atom stereocenters. The van der Waals surface area contributed by atoms with E-state index in [-0.39, 0.29) is 17.2 Å². The first-order chi connectivity index (χ1) is 13.3. The molecular weight excluding hydrogens is 356 g/mol. The number of nitro benzene ring substituents is 1. The number of aromatic nitrogens is 2. The molecule has 3 rings (SSSR count). The van der Waals surface area contributed by atoms with E-state index in [0.717, 1.165) is 11.3 Å². The number of amides is 1. The van der Waals surface area contributed by atoms with E-state index in [1.807, 2.05) is 30.7 Å². The Morgan fingerprint density at radius 1 is 1.11 bits per heavy atom. The minimum Gasteiger partial charge on any atom is -0.319 e. The molecule has 1 amide bonds. The van der Waals surface area contributed by atoms with Gasteiger partial charge in [-0.25, -0.2) is 0 Å². The minimum atomic E-state index is -0.483. The highest BCUT2D eigenvalue weighted by atomic mass is 16.6. The van der Waals surface area contributed by atoms with Crippen molar-refractivity contribution in [3.63, 3.8) is 0 Å². The van der Waals surface area contributed by atoms with Gasteiger partial charge in [-0.2, -0.15) is 5.10 Å². The molecule has 0 fully saturated rings. The second kappa shape index (κ2) is 7.64. The molecule has 1 aromatic heterocycles. The van der Waals surface area contributed by atoms with Crippen molar-refractivity contribution >= 4 is 17.3 Å². The van der Waals surface area contributed by atoms with Crippen LogP contribution in [-0.2, 0) is 6.54 Å². The van der Waals surface area contributed by atoms with Crippen molar-refractivity contribution < 1.29 is 9.72 Å². The van der Waals surface area contributed by atoms with Crippen molar-refractivity contribution in [2.24, 2.45) is 0 Å². The number of aryl methyl sites for hydroxylation is 2. The van der Waals surface area contributed by atoms with Crippen LogP contribution in [0.3, 0.4) is 0 Å². The zero-order valence-electron chi connectivity index (χ0n) is 16.3. The Hall–Kier alpha value is -3.48. The summed E-state index contributed by atoms with van der Waals surface area (Å²) in [5, 5.41) is 18.6. The molecule has 0 aliphatic heterocycles. The quantitative estimate of drug-likeness (QED) is 0.529. The SMILES string of the molecule is Cc1ccccc1Cn1nc(C)c(NC(=O)c2cccc([N+](=O)[O-])c2C)c1C. The number of anilines is 1. The molecule has 28 heavy (non-hydrogen) atoms. The number of nitrogens with one attached hydrogen (secondary N) is 1. The summed E-state index contributed by atoms with van der Waals surface area (Å²) < 4.78 is 1.85. The van der Waals surface area contributed by atoms with Gasteiger partial charge in [0.25, 0.3) is 11.6 Å². The molecule has 3 aromatic rings. The average Bonchev–Trinajstić information content (AvgIpc) is 2.91. The van der Waals surface area contributed by atoms with Gasteiger partial charge in [0.1, 0.15) is 0 Å². The van der Waals surface area contributed by atoms with Crippen LogP contribution in [0.2, 0.25) is 0 Å². The van der Waals surface area contributed by atoms with Crippen LogP contribution in [0.15, 0.2) is 42.5 Å². The van der Waals surface area contributed by atoms with Crippen LogP contribution < -0.4 is 5.32 Å². The van der Waals surface area contributed by atoms with Gasteiger partial charge in [0.15, 0.2) is 0 Å². The Morgan fingerprint density at radius 3 is 2.50 bits per heavy atom. The first kappa shape index (κ1) is 19.3. The molecule has 0 radical (unpaired) electrons. The maximum absolute atomic E-state index is 12.8. The van der Waals surface area contributed by atoms with E-state index >= 15 is 0 Å². The molecule has 0 saturated heterocycles. The molecule has 0 aliphatic rings. The highest BCUT2D eigenvalue weighted by Gasteiger charge is 2.20. The summed E-state index contributed by atoms with van der Waals surface area (Å²) in [6.07, 6.45) is 0. The first-order valence-electron chi connectivity index (χ1n) is 8.93. The molecular formula is C21H22N4O3. The monoisotopic (exact) mass is 378 g/mol. The summed E-state index contributed by atoms with van der Waals surface area (Å²) in [5.74, 6) is -0.386. The number of hydrogen-bond donors (Lipinski definition) is 1. The molecule has 0 saturated carbocycles. The van der Waals surface area contributed by atoms with Gasteiger partial charge in [-0.1, -0.05) is 30.3 Å². The molecule has 0 atom stereocenters. The van der Waals surface area contributed by atoms with Crippen LogP contribution in [0.25, 0.3) is 0 Å². The van der Waals surface area contributed by atoms with E-state index < -0.39 is 4.92 Å². The zero-order chi connectivity index (χ0) is 20.4.